The molecule has 1 aliphatic heterocycles. The highest BCUT2D eigenvalue weighted by Crippen LogP contribution is 2.24. The molecule has 0 saturated carbocycles. The van der Waals surface area contributed by atoms with E-state index in [1.54, 1.807) is 23.2 Å². The quantitative estimate of drug-likeness (QED) is 0.554. The maximum atomic E-state index is 12.5. The van der Waals surface area contributed by atoms with E-state index in [1.165, 1.54) is 11.8 Å². The molecule has 3 heterocycles. The number of aryl methyl sites for hydroxylation is 1. The lowest BCUT2D eigenvalue weighted by atomic mass is 10.2. The first-order valence-corrected chi connectivity index (χ1v) is 10.1. The van der Waals surface area contributed by atoms with Gasteiger partial charge in [-0.1, -0.05) is 29.8 Å². The fourth-order valence-electron chi connectivity index (χ4n) is 2.91. The first-order chi connectivity index (χ1) is 13.1. The zero-order valence-electron chi connectivity index (χ0n) is 15.3. The van der Waals surface area contributed by atoms with Crippen LogP contribution in [0.15, 0.2) is 33.9 Å². The summed E-state index contributed by atoms with van der Waals surface area (Å²) in [5.74, 6) is 0.589. The van der Waals surface area contributed by atoms with Gasteiger partial charge in [-0.3, -0.25) is 4.79 Å². The molecule has 144 valence electrons. The van der Waals surface area contributed by atoms with Gasteiger partial charge in [0.25, 0.3) is 5.91 Å². The molecule has 27 heavy (non-hydrogen) atoms. The number of likely N-dealkylation sites (tertiary alicyclic amines) is 1. The summed E-state index contributed by atoms with van der Waals surface area (Å²) in [6.07, 6.45) is 5.92. The normalized spacial score (nSPS) is 14.6. The third kappa shape index (κ3) is 5.56. The van der Waals surface area contributed by atoms with Crippen molar-refractivity contribution in [3.8, 4) is 0 Å². The average molecular weight is 389 g/mol. The number of esters is 1. The monoisotopic (exact) mass is 389 g/mol. The Bertz CT molecular complexity index is 785. The number of amides is 1. The fraction of sp³-hybridized carbons (Fsp3) is 0.474. The van der Waals surface area contributed by atoms with Gasteiger partial charge in [0.1, 0.15) is 10.8 Å². The zero-order valence-corrected chi connectivity index (χ0v) is 16.2. The number of aromatic nitrogens is 2. The third-order valence-electron chi connectivity index (χ3n) is 4.31. The SMILES string of the molecule is Cc1cc(CSc2ncccc2C(=O)OCC(=O)N2CCCCCC2)no1. The molecule has 3 rings (SSSR count). The van der Waals surface area contributed by atoms with Gasteiger partial charge in [-0.25, -0.2) is 9.78 Å². The van der Waals surface area contributed by atoms with Crippen LogP contribution in [0, 0.1) is 6.92 Å². The number of hydrogen-bond acceptors (Lipinski definition) is 7. The molecule has 1 aliphatic rings. The van der Waals surface area contributed by atoms with Crippen molar-refractivity contribution in [2.45, 2.75) is 43.4 Å². The highest BCUT2D eigenvalue weighted by atomic mass is 32.2. The van der Waals surface area contributed by atoms with E-state index in [-0.39, 0.29) is 12.5 Å². The van der Waals surface area contributed by atoms with Crippen molar-refractivity contribution < 1.29 is 18.8 Å². The number of thioether (sulfide) groups is 1. The van der Waals surface area contributed by atoms with E-state index >= 15 is 0 Å². The molecule has 0 radical (unpaired) electrons. The number of ether oxygens (including phenoxy) is 1. The van der Waals surface area contributed by atoms with E-state index in [0.29, 0.717) is 16.3 Å². The standard InChI is InChI=1S/C19H23N3O4S/c1-14-11-15(21-26-14)13-27-18-16(7-6-8-20-18)19(24)25-12-17(23)22-9-4-2-3-5-10-22/h6-8,11H,2-5,9-10,12-13H2,1H3. The Hall–Kier alpha value is -2.35. The lowest BCUT2D eigenvalue weighted by Gasteiger charge is -2.20. The summed E-state index contributed by atoms with van der Waals surface area (Å²) >= 11 is 1.38. The predicted molar refractivity (Wildman–Crippen MR) is 100 cm³/mol. The molecule has 0 aliphatic carbocycles. The van der Waals surface area contributed by atoms with Crippen LogP contribution in [0.3, 0.4) is 0 Å². The van der Waals surface area contributed by atoms with Crippen LogP contribution in [-0.2, 0) is 15.3 Å². The average Bonchev–Trinajstić information content (AvgIpc) is 2.93. The Labute approximate surface area is 162 Å². The molecule has 0 N–H and O–H groups in total. The van der Waals surface area contributed by atoms with Crippen LogP contribution < -0.4 is 0 Å². The van der Waals surface area contributed by atoms with Crippen LogP contribution in [0.1, 0.15) is 47.5 Å². The van der Waals surface area contributed by atoms with Crippen molar-refractivity contribution in [3.63, 3.8) is 0 Å². The van der Waals surface area contributed by atoms with Crippen LogP contribution in [0.5, 0.6) is 0 Å². The Morgan fingerprint density at radius 1 is 1.26 bits per heavy atom. The molecule has 2 aromatic heterocycles. The van der Waals surface area contributed by atoms with Gasteiger partial charge in [0.2, 0.25) is 0 Å². The summed E-state index contributed by atoms with van der Waals surface area (Å²) in [6, 6.07) is 5.17. The fourth-order valence-corrected chi connectivity index (χ4v) is 3.77. The summed E-state index contributed by atoms with van der Waals surface area (Å²) in [4.78, 5) is 30.8. The Morgan fingerprint density at radius 3 is 2.74 bits per heavy atom. The number of hydrogen-bond donors (Lipinski definition) is 0. The van der Waals surface area contributed by atoms with Crippen LogP contribution in [0.4, 0.5) is 0 Å². The Morgan fingerprint density at radius 2 is 2.04 bits per heavy atom. The molecule has 0 unspecified atom stereocenters. The summed E-state index contributed by atoms with van der Waals surface area (Å²) in [5.41, 5.74) is 1.13. The van der Waals surface area contributed by atoms with Crippen LogP contribution in [-0.4, -0.2) is 46.6 Å². The van der Waals surface area contributed by atoms with Crippen molar-refractivity contribution in [2.24, 2.45) is 0 Å². The zero-order chi connectivity index (χ0) is 19.1. The topological polar surface area (TPSA) is 85.5 Å². The smallest absolute Gasteiger partial charge is 0.341 e. The second kappa shape index (κ2) is 9.55. The lowest BCUT2D eigenvalue weighted by molar-refractivity contribution is -0.134. The molecule has 2 aromatic rings. The number of nitrogens with zero attached hydrogens (tertiary/aromatic N) is 3. The number of rotatable bonds is 6. The minimum absolute atomic E-state index is 0.138. The minimum atomic E-state index is -0.537. The first kappa shape index (κ1) is 19.4. The van der Waals surface area contributed by atoms with Crippen molar-refractivity contribution in [1.82, 2.24) is 15.0 Å². The lowest BCUT2D eigenvalue weighted by Crippen LogP contribution is -2.35. The highest BCUT2D eigenvalue weighted by molar-refractivity contribution is 7.98. The largest absolute Gasteiger partial charge is 0.452 e. The van der Waals surface area contributed by atoms with Crippen molar-refractivity contribution in [2.75, 3.05) is 19.7 Å². The van der Waals surface area contributed by atoms with Crippen molar-refractivity contribution in [1.29, 1.82) is 0 Å². The number of pyridine rings is 1. The maximum absolute atomic E-state index is 12.5. The molecule has 0 spiro atoms. The third-order valence-corrected chi connectivity index (χ3v) is 5.35. The van der Waals surface area contributed by atoms with Crippen molar-refractivity contribution in [3.05, 3.63) is 41.4 Å². The van der Waals surface area contributed by atoms with E-state index in [2.05, 4.69) is 10.1 Å². The number of carbonyl (C=O) groups excluding carboxylic acids is 2. The van der Waals surface area contributed by atoms with E-state index in [4.69, 9.17) is 9.26 Å². The van der Waals surface area contributed by atoms with Gasteiger partial charge in [0.15, 0.2) is 6.61 Å². The van der Waals surface area contributed by atoms with Gasteiger partial charge in [-0.2, -0.15) is 0 Å². The molecule has 7 nitrogen and oxygen atoms in total. The van der Waals surface area contributed by atoms with Crippen LogP contribution >= 0.6 is 11.8 Å². The van der Waals surface area contributed by atoms with Crippen LogP contribution in [0.2, 0.25) is 0 Å². The van der Waals surface area contributed by atoms with E-state index in [9.17, 15) is 9.59 Å². The summed E-state index contributed by atoms with van der Waals surface area (Å²) in [5, 5.41) is 4.48. The summed E-state index contributed by atoms with van der Waals surface area (Å²) in [7, 11) is 0. The van der Waals surface area contributed by atoms with E-state index in [0.717, 1.165) is 50.2 Å². The molecule has 8 heteroatoms. The molecule has 1 saturated heterocycles. The summed E-state index contributed by atoms with van der Waals surface area (Å²) < 4.78 is 10.3. The minimum Gasteiger partial charge on any atom is -0.452 e. The molecule has 1 fully saturated rings. The van der Waals surface area contributed by atoms with Gasteiger partial charge < -0.3 is 14.2 Å². The Kier molecular flexibility index (Phi) is 6.86. The second-order valence-corrected chi connectivity index (χ2v) is 7.41. The molecule has 0 atom stereocenters. The first-order valence-electron chi connectivity index (χ1n) is 9.08. The van der Waals surface area contributed by atoms with Gasteiger partial charge >= 0.3 is 5.97 Å². The predicted octanol–water partition coefficient (Wildman–Crippen LogP) is 3.23. The summed E-state index contributed by atoms with van der Waals surface area (Å²) in [6.45, 7) is 3.06. The van der Waals surface area contributed by atoms with Gasteiger partial charge in [0, 0.05) is 31.1 Å². The molecule has 0 bridgehead atoms. The number of carbonyl (C=O) groups is 2. The van der Waals surface area contributed by atoms with Crippen molar-refractivity contribution >= 4 is 23.6 Å². The van der Waals surface area contributed by atoms with Gasteiger partial charge in [-0.05, 0) is 31.9 Å². The van der Waals surface area contributed by atoms with Gasteiger partial charge in [0.05, 0.1) is 11.3 Å². The van der Waals surface area contributed by atoms with E-state index < -0.39 is 5.97 Å². The molecule has 0 aromatic carbocycles. The molecular weight excluding hydrogens is 366 g/mol. The van der Waals surface area contributed by atoms with Crippen LogP contribution in [0.25, 0.3) is 0 Å². The maximum Gasteiger partial charge on any atom is 0.341 e. The second-order valence-electron chi connectivity index (χ2n) is 6.44. The highest BCUT2D eigenvalue weighted by Gasteiger charge is 2.20. The van der Waals surface area contributed by atoms with E-state index in [1.807, 2.05) is 13.0 Å². The van der Waals surface area contributed by atoms with Gasteiger partial charge in [-0.15, -0.1) is 0 Å². The molecule has 1 amide bonds. The Balaban J connectivity index is 1.56. The molecular formula is C19H23N3O4S.